The number of ketones is 1. The van der Waals surface area contributed by atoms with E-state index in [0.717, 1.165) is 74.7 Å². The minimum Gasteiger partial charge on any atom is -0.494 e. The van der Waals surface area contributed by atoms with Crippen molar-refractivity contribution < 1.29 is 14.3 Å². The van der Waals surface area contributed by atoms with E-state index in [1.807, 2.05) is 38.4 Å². The van der Waals surface area contributed by atoms with Crippen LogP contribution in [0, 0.1) is 0 Å². The molecular formula is C27H38N2O3. The number of carbonyl (C=O) groups is 1. The fourth-order valence-corrected chi connectivity index (χ4v) is 4.33. The summed E-state index contributed by atoms with van der Waals surface area (Å²) >= 11 is 0. The van der Waals surface area contributed by atoms with Gasteiger partial charge in [-0.3, -0.25) is 9.69 Å². The molecule has 0 aliphatic carbocycles. The lowest BCUT2D eigenvalue weighted by atomic mass is 9.80. The minimum atomic E-state index is -0.592. The Hall–Kier alpha value is -2.37. The highest BCUT2D eigenvalue weighted by atomic mass is 16.5. The monoisotopic (exact) mass is 438 g/mol. The number of hydrogen-bond donors (Lipinski definition) is 0. The van der Waals surface area contributed by atoms with Gasteiger partial charge in [-0.1, -0.05) is 32.4 Å². The van der Waals surface area contributed by atoms with Crippen LogP contribution in [0.3, 0.4) is 0 Å². The van der Waals surface area contributed by atoms with Crippen LogP contribution in [-0.4, -0.2) is 63.2 Å². The molecule has 1 saturated heterocycles. The first-order valence-corrected chi connectivity index (χ1v) is 11.9. The van der Waals surface area contributed by atoms with Gasteiger partial charge in [-0.25, -0.2) is 0 Å². The van der Waals surface area contributed by atoms with Crippen LogP contribution in [0.4, 0.5) is 5.69 Å². The van der Waals surface area contributed by atoms with Crippen molar-refractivity contribution in [2.45, 2.75) is 45.1 Å². The van der Waals surface area contributed by atoms with Crippen LogP contribution in [0.15, 0.2) is 48.5 Å². The van der Waals surface area contributed by atoms with Gasteiger partial charge in [-0.15, -0.1) is 0 Å². The molecule has 1 fully saturated rings. The van der Waals surface area contributed by atoms with E-state index < -0.39 is 5.54 Å². The van der Waals surface area contributed by atoms with Crippen LogP contribution in [0.25, 0.3) is 0 Å². The summed E-state index contributed by atoms with van der Waals surface area (Å²) in [5.74, 6) is 1.06. The van der Waals surface area contributed by atoms with Crippen LogP contribution in [0.1, 0.15) is 49.0 Å². The molecule has 0 amide bonds. The van der Waals surface area contributed by atoms with Crippen molar-refractivity contribution in [2.24, 2.45) is 0 Å². The summed E-state index contributed by atoms with van der Waals surface area (Å²) in [6.45, 7) is 8.29. The number of anilines is 1. The predicted octanol–water partition coefficient (Wildman–Crippen LogP) is 4.84. The molecule has 32 heavy (non-hydrogen) atoms. The van der Waals surface area contributed by atoms with E-state index >= 15 is 0 Å². The zero-order chi connectivity index (χ0) is 23.0. The van der Waals surface area contributed by atoms with E-state index in [2.05, 4.69) is 47.9 Å². The van der Waals surface area contributed by atoms with Gasteiger partial charge < -0.3 is 14.4 Å². The predicted molar refractivity (Wildman–Crippen MR) is 131 cm³/mol. The standard InChI is InChI=1S/C27H38N2O3/c1-5-7-18-32-25-14-8-22(9-15-25)21-27(6-2,28(3)4)26(30)23-10-12-24(13-11-23)29-16-19-31-20-17-29/h8-15H,5-7,16-21H2,1-4H3. The van der Waals surface area contributed by atoms with Crippen LogP contribution in [0.5, 0.6) is 5.75 Å². The van der Waals surface area contributed by atoms with E-state index in [9.17, 15) is 4.79 Å². The number of rotatable bonds is 11. The van der Waals surface area contributed by atoms with Gasteiger partial charge in [-0.05, 0) is 75.3 Å². The fraction of sp³-hybridized carbons (Fsp3) is 0.519. The SMILES string of the molecule is CCCCOc1ccc(CC(CC)(C(=O)c2ccc(N3CCOCC3)cc2)N(C)C)cc1. The van der Waals surface area contributed by atoms with Gasteiger partial charge in [0.25, 0.3) is 0 Å². The van der Waals surface area contributed by atoms with E-state index in [-0.39, 0.29) is 5.78 Å². The van der Waals surface area contributed by atoms with Crippen molar-refractivity contribution in [3.8, 4) is 5.75 Å². The summed E-state index contributed by atoms with van der Waals surface area (Å²) in [6.07, 6.45) is 3.57. The molecule has 0 N–H and O–H groups in total. The number of benzene rings is 2. The number of nitrogens with zero attached hydrogens (tertiary/aromatic N) is 2. The van der Waals surface area contributed by atoms with Crippen LogP contribution in [-0.2, 0) is 11.2 Å². The van der Waals surface area contributed by atoms with Crippen molar-refractivity contribution in [2.75, 3.05) is 51.9 Å². The molecule has 174 valence electrons. The van der Waals surface area contributed by atoms with Gasteiger partial charge >= 0.3 is 0 Å². The van der Waals surface area contributed by atoms with Crippen molar-refractivity contribution in [1.82, 2.24) is 4.90 Å². The summed E-state index contributed by atoms with van der Waals surface area (Å²) < 4.78 is 11.2. The summed E-state index contributed by atoms with van der Waals surface area (Å²) in [4.78, 5) is 18.2. The third-order valence-electron chi connectivity index (χ3n) is 6.56. The Morgan fingerprint density at radius 2 is 1.69 bits per heavy atom. The molecule has 3 rings (SSSR count). The van der Waals surface area contributed by atoms with Gasteiger partial charge in [0.2, 0.25) is 0 Å². The Morgan fingerprint density at radius 1 is 1.03 bits per heavy atom. The normalized spacial score (nSPS) is 16.1. The lowest BCUT2D eigenvalue weighted by Gasteiger charge is -2.38. The van der Waals surface area contributed by atoms with Gasteiger partial charge in [-0.2, -0.15) is 0 Å². The maximum Gasteiger partial charge on any atom is 0.183 e. The Labute approximate surface area is 193 Å². The molecule has 0 radical (unpaired) electrons. The fourth-order valence-electron chi connectivity index (χ4n) is 4.33. The number of likely N-dealkylation sites (N-methyl/N-ethyl adjacent to an activating group) is 1. The highest BCUT2D eigenvalue weighted by Gasteiger charge is 2.39. The Bertz CT molecular complexity index is 842. The van der Waals surface area contributed by atoms with Gasteiger partial charge in [0.15, 0.2) is 5.78 Å². The second-order valence-electron chi connectivity index (χ2n) is 8.78. The molecule has 2 aromatic carbocycles. The number of Topliss-reactive ketones (excluding diaryl/α,β-unsaturated/α-hetero) is 1. The molecule has 1 atom stereocenters. The molecule has 5 heteroatoms. The molecule has 1 heterocycles. The molecular weight excluding hydrogens is 400 g/mol. The maximum atomic E-state index is 13.8. The third-order valence-corrected chi connectivity index (χ3v) is 6.56. The van der Waals surface area contributed by atoms with Gasteiger partial charge in [0, 0.05) is 24.3 Å². The van der Waals surface area contributed by atoms with E-state index in [1.54, 1.807) is 0 Å². The number of ether oxygens (including phenoxy) is 2. The molecule has 1 aliphatic rings. The van der Waals surface area contributed by atoms with Crippen molar-refractivity contribution in [3.05, 3.63) is 59.7 Å². The molecule has 2 aromatic rings. The highest BCUT2D eigenvalue weighted by Crippen LogP contribution is 2.29. The largest absolute Gasteiger partial charge is 0.494 e. The van der Waals surface area contributed by atoms with E-state index in [1.165, 1.54) is 0 Å². The van der Waals surface area contributed by atoms with E-state index in [4.69, 9.17) is 9.47 Å². The molecule has 0 bridgehead atoms. The van der Waals surface area contributed by atoms with Crippen LogP contribution >= 0.6 is 0 Å². The van der Waals surface area contributed by atoms with Gasteiger partial charge in [0.1, 0.15) is 5.75 Å². The molecule has 1 aliphatic heterocycles. The Balaban J connectivity index is 1.76. The third kappa shape index (κ3) is 5.70. The van der Waals surface area contributed by atoms with Crippen LogP contribution < -0.4 is 9.64 Å². The quantitative estimate of drug-likeness (QED) is 0.371. The maximum absolute atomic E-state index is 13.8. The minimum absolute atomic E-state index is 0.168. The summed E-state index contributed by atoms with van der Waals surface area (Å²) in [7, 11) is 4.01. The smallest absolute Gasteiger partial charge is 0.183 e. The summed E-state index contributed by atoms with van der Waals surface area (Å²) in [5, 5.41) is 0. The van der Waals surface area contributed by atoms with Crippen molar-refractivity contribution >= 4 is 11.5 Å². The molecule has 0 saturated carbocycles. The topological polar surface area (TPSA) is 42.0 Å². The first-order chi connectivity index (χ1) is 15.5. The Morgan fingerprint density at radius 3 is 2.25 bits per heavy atom. The lowest BCUT2D eigenvalue weighted by molar-refractivity contribution is 0.0666. The average molecular weight is 439 g/mol. The summed E-state index contributed by atoms with van der Waals surface area (Å²) in [5.41, 5.74) is 2.46. The summed E-state index contributed by atoms with van der Waals surface area (Å²) in [6, 6.07) is 16.3. The first kappa shape index (κ1) is 24.3. The second-order valence-corrected chi connectivity index (χ2v) is 8.78. The van der Waals surface area contributed by atoms with Crippen molar-refractivity contribution in [1.29, 1.82) is 0 Å². The lowest BCUT2D eigenvalue weighted by Crippen LogP contribution is -2.52. The molecule has 5 nitrogen and oxygen atoms in total. The van der Waals surface area contributed by atoms with Crippen LogP contribution in [0.2, 0.25) is 0 Å². The average Bonchev–Trinajstić information content (AvgIpc) is 2.84. The number of morpholine rings is 1. The van der Waals surface area contributed by atoms with E-state index in [0.29, 0.717) is 6.42 Å². The highest BCUT2D eigenvalue weighted by molar-refractivity contribution is 6.03. The number of carbonyl (C=O) groups excluding carboxylic acids is 1. The van der Waals surface area contributed by atoms with Crippen molar-refractivity contribution in [3.63, 3.8) is 0 Å². The zero-order valence-electron chi connectivity index (χ0n) is 20.1. The van der Waals surface area contributed by atoms with Gasteiger partial charge in [0.05, 0.1) is 25.4 Å². The Kier molecular flexibility index (Phi) is 8.71. The first-order valence-electron chi connectivity index (χ1n) is 11.9. The zero-order valence-corrected chi connectivity index (χ0v) is 20.1. The number of hydrogen-bond acceptors (Lipinski definition) is 5. The molecule has 0 spiro atoms. The number of unbranched alkanes of at least 4 members (excludes halogenated alkanes) is 1. The molecule has 0 aromatic heterocycles. The second kappa shape index (κ2) is 11.5. The molecule has 1 unspecified atom stereocenters.